The second-order valence-corrected chi connectivity index (χ2v) is 3.10. The smallest absolute Gasteiger partial charge is 0.116 e. The molecule has 0 unspecified atom stereocenters. The summed E-state index contributed by atoms with van der Waals surface area (Å²) in [4.78, 5) is 0. The van der Waals surface area contributed by atoms with Crippen LogP contribution < -0.4 is 5.32 Å². The Morgan fingerprint density at radius 3 is 3.31 bits per heavy atom. The lowest BCUT2D eigenvalue weighted by molar-refractivity contribution is 0.160. The standard InChI is InChI=1S/C11H13NO.H2/c1-2-9-3-4-11-10(7-9)5-6-13-8-12-11;/h2-4,7,12H,1,5-6,8H2;1H. The molecular weight excluding hydrogens is 162 g/mol. The van der Waals surface area contributed by atoms with Crippen LogP contribution >= 0.6 is 0 Å². The maximum absolute atomic E-state index is 5.31. The molecule has 70 valence electrons. The number of ether oxygens (including phenoxy) is 1. The fourth-order valence-electron chi connectivity index (χ4n) is 1.50. The first-order valence-electron chi connectivity index (χ1n) is 4.47. The van der Waals surface area contributed by atoms with Crippen LogP contribution in [0.15, 0.2) is 24.8 Å². The molecule has 13 heavy (non-hydrogen) atoms. The minimum absolute atomic E-state index is 0. The van der Waals surface area contributed by atoms with Gasteiger partial charge in [0.05, 0.1) is 6.61 Å². The lowest BCUT2D eigenvalue weighted by Crippen LogP contribution is -2.02. The Labute approximate surface area is 79.7 Å². The summed E-state index contributed by atoms with van der Waals surface area (Å²) < 4.78 is 5.31. The van der Waals surface area contributed by atoms with Gasteiger partial charge in [-0.2, -0.15) is 0 Å². The number of fused-ring (bicyclic) bond motifs is 1. The van der Waals surface area contributed by atoms with E-state index in [0.29, 0.717) is 6.73 Å². The third kappa shape index (κ3) is 1.73. The van der Waals surface area contributed by atoms with Crippen molar-refractivity contribution in [1.82, 2.24) is 0 Å². The normalized spacial score (nSPS) is 15.4. The highest BCUT2D eigenvalue weighted by atomic mass is 16.5. The van der Waals surface area contributed by atoms with E-state index in [1.165, 1.54) is 16.8 Å². The summed E-state index contributed by atoms with van der Waals surface area (Å²) in [5, 5.41) is 3.22. The van der Waals surface area contributed by atoms with Gasteiger partial charge in [-0.15, -0.1) is 0 Å². The molecule has 0 spiro atoms. The van der Waals surface area contributed by atoms with E-state index in [2.05, 4.69) is 30.1 Å². The van der Waals surface area contributed by atoms with Crippen molar-refractivity contribution < 1.29 is 6.16 Å². The molecule has 1 aromatic rings. The minimum atomic E-state index is 0. The summed E-state index contributed by atoms with van der Waals surface area (Å²) in [5.41, 5.74) is 3.67. The van der Waals surface area contributed by atoms with Crippen LogP contribution in [0.3, 0.4) is 0 Å². The molecule has 2 heteroatoms. The molecule has 2 rings (SSSR count). The second kappa shape index (κ2) is 3.62. The molecule has 1 aliphatic heterocycles. The van der Waals surface area contributed by atoms with E-state index in [9.17, 15) is 0 Å². The van der Waals surface area contributed by atoms with Crippen molar-refractivity contribution >= 4 is 11.8 Å². The molecule has 0 aliphatic carbocycles. The Morgan fingerprint density at radius 2 is 2.46 bits per heavy atom. The minimum Gasteiger partial charge on any atom is -0.362 e. The second-order valence-electron chi connectivity index (χ2n) is 3.10. The number of benzene rings is 1. The lowest BCUT2D eigenvalue weighted by atomic mass is 10.1. The van der Waals surface area contributed by atoms with Crippen LogP contribution in [0.4, 0.5) is 5.69 Å². The molecule has 0 fully saturated rings. The molecule has 1 heterocycles. The first-order valence-corrected chi connectivity index (χ1v) is 4.47. The fraction of sp³-hybridized carbons (Fsp3) is 0.273. The molecule has 0 amide bonds. The maximum atomic E-state index is 5.31. The average Bonchev–Trinajstić information content (AvgIpc) is 2.41. The number of anilines is 1. The number of hydrogen-bond acceptors (Lipinski definition) is 2. The zero-order valence-electron chi connectivity index (χ0n) is 7.55. The Bertz CT molecular complexity index is 325. The zero-order chi connectivity index (χ0) is 9.10. The monoisotopic (exact) mass is 177 g/mol. The molecule has 2 nitrogen and oxygen atoms in total. The first kappa shape index (κ1) is 8.32. The van der Waals surface area contributed by atoms with Gasteiger partial charge in [0.1, 0.15) is 6.73 Å². The van der Waals surface area contributed by atoms with Gasteiger partial charge in [0, 0.05) is 7.11 Å². The van der Waals surface area contributed by atoms with Crippen LogP contribution in [0, 0.1) is 0 Å². The van der Waals surface area contributed by atoms with Gasteiger partial charge in [-0.05, 0) is 29.7 Å². The summed E-state index contributed by atoms with van der Waals surface area (Å²) in [6, 6.07) is 6.30. The first-order chi connectivity index (χ1) is 6.40. The molecule has 0 radical (unpaired) electrons. The number of rotatable bonds is 1. The van der Waals surface area contributed by atoms with Crippen molar-refractivity contribution in [3.63, 3.8) is 0 Å². The van der Waals surface area contributed by atoms with E-state index in [1.807, 2.05) is 6.08 Å². The highest BCUT2D eigenvalue weighted by Crippen LogP contribution is 2.20. The van der Waals surface area contributed by atoms with Gasteiger partial charge in [-0.25, -0.2) is 0 Å². The maximum Gasteiger partial charge on any atom is 0.116 e. The molecular formula is C11H15NO. The largest absolute Gasteiger partial charge is 0.362 e. The predicted molar refractivity (Wildman–Crippen MR) is 56.8 cm³/mol. The molecule has 1 aromatic carbocycles. The van der Waals surface area contributed by atoms with Crippen LogP contribution in [0.2, 0.25) is 0 Å². The highest BCUT2D eigenvalue weighted by Gasteiger charge is 2.06. The van der Waals surface area contributed by atoms with Crippen molar-refractivity contribution in [3.05, 3.63) is 35.9 Å². The van der Waals surface area contributed by atoms with Crippen LogP contribution in [0.25, 0.3) is 6.08 Å². The van der Waals surface area contributed by atoms with Gasteiger partial charge >= 0.3 is 0 Å². The molecule has 0 atom stereocenters. The lowest BCUT2D eigenvalue weighted by Gasteiger charge is -2.06. The number of hydrogen-bond donors (Lipinski definition) is 1. The average molecular weight is 177 g/mol. The quantitative estimate of drug-likeness (QED) is 0.711. The van der Waals surface area contributed by atoms with Gasteiger partial charge < -0.3 is 10.1 Å². The van der Waals surface area contributed by atoms with E-state index in [1.54, 1.807) is 0 Å². The Balaban J connectivity index is 0.000000980. The highest BCUT2D eigenvalue weighted by molar-refractivity contribution is 5.59. The Morgan fingerprint density at radius 1 is 1.54 bits per heavy atom. The summed E-state index contributed by atoms with van der Waals surface area (Å²) in [7, 11) is 0. The molecule has 1 N–H and O–H groups in total. The summed E-state index contributed by atoms with van der Waals surface area (Å²) in [6.07, 6.45) is 2.84. The van der Waals surface area contributed by atoms with Gasteiger partial charge in [0.2, 0.25) is 0 Å². The Kier molecular flexibility index (Phi) is 2.32. The van der Waals surface area contributed by atoms with Crippen molar-refractivity contribution in [2.45, 2.75) is 6.42 Å². The number of nitrogens with one attached hydrogen (secondary N) is 1. The van der Waals surface area contributed by atoms with Crippen molar-refractivity contribution in [3.8, 4) is 0 Å². The van der Waals surface area contributed by atoms with Crippen LogP contribution in [0.5, 0.6) is 0 Å². The molecule has 0 aromatic heterocycles. The zero-order valence-corrected chi connectivity index (χ0v) is 7.55. The molecule has 0 bridgehead atoms. The SMILES string of the molecule is C=Cc1ccc2c(c1)CCOCN2.[HH]. The van der Waals surface area contributed by atoms with Crippen LogP contribution in [-0.2, 0) is 11.2 Å². The third-order valence-electron chi connectivity index (χ3n) is 2.25. The van der Waals surface area contributed by atoms with E-state index in [4.69, 9.17) is 4.74 Å². The molecule has 1 aliphatic rings. The third-order valence-corrected chi connectivity index (χ3v) is 2.25. The topological polar surface area (TPSA) is 21.3 Å². The van der Waals surface area contributed by atoms with E-state index >= 15 is 0 Å². The van der Waals surface area contributed by atoms with Gasteiger partial charge in [-0.3, -0.25) is 0 Å². The predicted octanol–water partition coefficient (Wildman–Crippen LogP) is 2.52. The van der Waals surface area contributed by atoms with Crippen molar-refractivity contribution in [1.29, 1.82) is 0 Å². The van der Waals surface area contributed by atoms with Crippen molar-refractivity contribution in [2.24, 2.45) is 0 Å². The van der Waals surface area contributed by atoms with Crippen molar-refractivity contribution in [2.75, 3.05) is 18.7 Å². The van der Waals surface area contributed by atoms with Gasteiger partial charge in [-0.1, -0.05) is 18.7 Å². The molecule has 0 saturated carbocycles. The van der Waals surface area contributed by atoms with E-state index in [-0.39, 0.29) is 1.43 Å². The fourth-order valence-corrected chi connectivity index (χ4v) is 1.50. The molecule has 0 saturated heterocycles. The van der Waals surface area contributed by atoms with Crippen LogP contribution in [-0.4, -0.2) is 13.3 Å². The van der Waals surface area contributed by atoms with E-state index in [0.717, 1.165) is 13.0 Å². The summed E-state index contributed by atoms with van der Waals surface area (Å²) in [6.45, 7) is 5.16. The van der Waals surface area contributed by atoms with Gasteiger partial charge in [0.25, 0.3) is 0 Å². The van der Waals surface area contributed by atoms with Gasteiger partial charge in [0.15, 0.2) is 0 Å². The van der Waals surface area contributed by atoms with Crippen LogP contribution in [0.1, 0.15) is 12.6 Å². The summed E-state index contributed by atoms with van der Waals surface area (Å²) >= 11 is 0. The summed E-state index contributed by atoms with van der Waals surface area (Å²) in [5.74, 6) is 0. The Hall–Kier alpha value is -1.28. The van der Waals surface area contributed by atoms with E-state index < -0.39 is 0 Å².